The van der Waals surface area contributed by atoms with E-state index >= 15 is 0 Å². The van der Waals surface area contributed by atoms with Crippen LogP contribution in [0.3, 0.4) is 0 Å². The molecule has 0 bridgehead atoms. The molecule has 0 radical (unpaired) electrons. The third-order valence-electron chi connectivity index (χ3n) is 9.58. The number of hydrogen-bond donors (Lipinski definition) is 1. The van der Waals surface area contributed by atoms with Crippen LogP contribution in [0.5, 0.6) is 5.75 Å². The van der Waals surface area contributed by atoms with Gasteiger partial charge in [0.15, 0.2) is 5.82 Å². The summed E-state index contributed by atoms with van der Waals surface area (Å²) in [6.45, 7) is 6.40. The number of aryl methyl sites for hydroxylation is 3. The van der Waals surface area contributed by atoms with Gasteiger partial charge in [-0.3, -0.25) is 9.48 Å². The first-order chi connectivity index (χ1) is 21.6. The Balaban J connectivity index is 1.35. The van der Waals surface area contributed by atoms with Crippen molar-refractivity contribution in [2.45, 2.75) is 50.4 Å². The number of piperidine rings is 1. The van der Waals surface area contributed by atoms with Gasteiger partial charge in [-0.1, -0.05) is 25.5 Å². The molecule has 1 unspecified atom stereocenters. The zero-order valence-electron chi connectivity index (χ0n) is 26.4. The molecule has 45 heavy (non-hydrogen) atoms. The summed E-state index contributed by atoms with van der Waals surface area (Å²) in [7, 11) is 5.56. The Bertz CT molecular complexity index is 1940. The monoisotopic (exact) mass is 647 g/mol. The van der Waals surface area contributed by atoms with E-state index in [9.17, 15) is 4.79 Å². The van der Waals surface area contributed by atoms with E-state index in [4.69, 9.17) is 32.9 Å². The minimum absolute atomic E-state index is 0.0328. The summed E-state index contributed by atoms with van der Waals surface area (Å²) < 4.78 is 11.3. The Morgan fingerprint density at radius 2 is 1.96 bits per heavy atom. The summed E-state index contributed by atoms with van der Waals surface area (Å²) in [5.41, 5.74) is 6.96. The van der Waals surface area contributed by atoms with Crippen LogP contribution in [0.2, 0.25) is 0 Å². The lowest BCUT2D eigenvalue weighted by Gasteiger charge is -2.32. The van der Waals surface area contributed by atoms with E-state index in [1.165, 1.54) is 6.42 Å². The number of fused-ring (bicyclic) bond motifs is 2. The number of halogens is 2. The molecular weight excluding hydrogens is 609 g/mol. The summed E-state index contributed by atoms with van der Waals surface area (Å²) in [5, 5.41) is 9.19. The first-order valence-corrected chi connectivity index (χ1v) is 16.4. The highest BCUT2D eigenvalue weighted by atomic mass is 35.5. The number of benzene rings is 2. The number of anilines is 2. The van der Waals surface area contributed by atoms with E-state index in [1.54, 1.807) is 11.8 Å². The number of aromatic nitrogens is 5. The Morgan fingerprint density at radius 3 is 2.64 bits per heavy atom. The van der Waals surface area contributed by atoms with Crippen LogP contribution < -0.4 is 10.1 Å². The highest BCUT2D eigenvalue weighted by molar-refractivity contribution is 6.50. The second-order valence-corrected chi connectivity index (χ2v) is 14.2. The number of amides is 1. The fourth-order valence-corrected chi connectivity index (χ4v) is 7.45. The third-order valence-corrected chi connectivity index (χ3v) is 10.5. The quantitative estimate of drug-likeness (QED) is 0.177. The number of nitrogens with one attached hydrogen (secondary N) is 1. The summed E-state index contributed by atoms with van der Waals surface area (Å²) in [5.74, 6) is 2.08. The maximum Gasteiger partial charge on any atom is 0.254 e. The first kappa shape index (κ1) is 30.0. The van der Waals surface area contributed by atoms with Gasteiger partial charge in [0.2, 0.25) is 0 Å². The second kappa shape index (κ2) is 11.3. The highest BCUT2D eigenvalue weighted by Gasteiger charge is 2.52. The lowest BCUT2D eigenvalue weighted by Crippen LogP contribution is -2.39. The van der Waals surface area contributed by atoms with Gasteiger partial charge in [-0.25, -0.2) is 4.98 Å². The SMILES string of the molecule is CC[C@@H]1CCCN(C(=O)c2cc(OC)c3c(c2)nc(-c2cc4cccc(Nc5cn(C)nc5C)c4n2CC2CC2(Cl)Cl)n3C)C1. The maximum absolute atomic E-state index is 13.7. The Labute approximate surface area is 273 Å². The zero-order chi connectivity index (χ0) is 31.6. The van der Waals surface area contributed by atoms with Crippen molar-refractivity contribution in [3.8, 4) is 17.3 Å². The number of alkyl halides is 2. The fraction of sp³-hybridized carbons (Fsp3) is 0.441. The molecule has 1 aliphatic carbocycles. The van der Waals surface area contributed by atoms with E-state index in [1.807, 2.05) is 44.2 Å². The van der Waals surface area contributed by atoms with Gasteiger partial charge in [0.1, 0.15) is 15.6 Å². The molecule has 236 valence electrons. The van der Waals surface area contributed by atoms with Crippen LogP contribution in [0.15, 0.2) is 42.6 Å². The zero-order valence-corrected chi connectivity index (χ0v) is 27.9. The number of imidazole rings is 1. The number of carbonyl (C=O) groups excluding carboxylic acids is 1. The summed E-state index contributed by atoms with van der Waals surface area (Å²) in [6, 6.07) is 12.2. The van der Waals surface area contributed by atoms with E-state index in [2.05, 4.69) is 50.7 Å². The minimum atomic E-state index is -0.744. The van der Waals surface area contributed by atoms with Crippen molar-refractivity contribution < 1.29 is 9.53 Å². The number of carbonyl (C=O) groups is 1. The summed E-state index contributed by atoms with van der Waals surface area (Å²) >= 11 is 13.2. The molecule has 3 aromatic heterocycles. The predicted octanol–water partition coefficient (Wildman–Crippen LogP) is 7.45. The number of hydrogen-bond acceptors (Lipinski definition) is 5. The molecule has 9 nitrogen and oxygen atoms in total. The Kier molecular flexibility index (Phi) is 7.52. The van der Waals surface area contributed by atoms with Crippen molar-refractivity contribution in [1.29, 1.82) is 0 Å². The van der Waals surface area contributed by atoms with Crippen molar-refractivity contribution >= 4 is 62.4 Å². The van der Waals surface area contributed by atoms with Gasteiger partial charge in [-0.05, 0) is 56.4 Å². The van der Waals surface area contributed by atoms with Crippen LogP contribution in [-0.4, -0.2) is 59.2 Å². The molecule has 2 aliphatic rings. The van der Waals surface area contributed by atoms with Crippen molar-refractivity contribution in [1.82, 2.24) is 28.8 Å². The van der Waals surface area contributed by atoms with Crippen LogP contribution in [0.4, 0.5) is 11.4 Å². The number of likely N-dealkylation sites (tertiary alicyclic amines) is 1. The van der Waals surface area contributed by atoms with Gasteiger partial charge in [-0.2, -0.15) is 5.10 Å². The largest absolute Gasteiger partial charge is 0.494 e. The number of nitrogens with zero attached hydrogens (tertiary/aromatic N) is 6. The molecule has 7 rings (SSSR count). The van der Waals surface area contributed by atoms with Crippen LogP contribution in [-0.2, 0) is 20.6 Å². The number of ether oxygens (including phenoxy) is 1. The van der Waals surface area contributed by atoms with Crippen molar-refractivity contribution in [3.63, 3.8) is 0 Å². The summed E-state index contributed by atoms with van der Waals surface area (Å²) in [4.78, 5) is 20.8. The van der Waals surface area contributed by atoms with E-state index in [0.29, 0.717) is 23.8 Å². The van der Waals surface area contributed by atoms with Crippen LogP contribution >= 0.6 is 23.2 Å². The van der Waals surface area contributed by atoms with E-state index < -0.39 is 4.33 Å². The number of para-hydroxylation sites is 1. The average Bonchev–Trinajstić information content (AvgIpc) is 3.29. The third kappa shape index (κ3) is 5.33. The van der Waals surface area contributed by atoms with Crippen LogP contribution in [0.1, 0.15) is 48.7 Å². The molecule has 2 aromatic carbocycles. The first-order valence-electron chi connectivity index (χ1n) is 15.7. The van der Waals surface area contributed by atoms with Crippen molar-refractivity contribution in [2.75, 3.05) is 25.5 Å². The van der Waals surface area contributed by atoms with Gasteiger partial charge in [0.05, 0.1) is 40.9 Å². The lowest BCUT2D eigenvalue weighted by atomic mass is 9.95. The van der Waals surface area contributed by atoms with Gasteiger partial charge < -0.3 is 24.1 Å². The standard InChI is InChI=1S/C34H39Cl2N7O2/c1-6-21-9-8-12-42(17-21)33(44)23-13-26-31(29(15-23)45-5)41(4)32(38-26)28-14-22-10-7-11-25(37-27-19-40(3)39-20(27)2)30(22)43(28)18-24-16-34(24,35)36/h7,10-11,13-15,19,21,24,37H,6,8-9,12,16-18H2,1-5H3/t21-,24?/m1/s1. The molecule has 1 amide bonds. The average molecular weight is 649 g/mol. The second-order valence-electron chi connectivity index (χ2n) is 12.7. The van der Waals surface area contributed by atoms with Crippen molar-refractivity contribution in [3.05, 3.63) is 53.9 Å². The molecule has 11 heteroatoms. The Morgan fingerprint density at radius 1 is 1.16 bits per heavy atom. The molecule has 5 aromatic rings. The molecule has 2 atom stereocenters. The Hall–Kier alpha value is -3.69. The molecule has 1 saturated heterocycles. The van der Waals surface area contributed by atoms with Gasteiger partial charge in [0, 0.05) is 56.8 Å². The van der Waals surface area contributed by atoms with Crippen molar-refractivity contribution in [2.24, 2.45) is 25.9 Å². The molecule has 1 aliphatic heterocycles. The molecule has 2 fully saturated rings. The van der Waals surface area contributed by atoms with E-state index in [0.717, 1.165) is 82.9 Å². The van der Waals surface area contributed by atoms with E-state index in [-0.39, 0.29) is 11.8 Å². The molecular formula is C34H39Cl2N7O2. The molecule has 1 saturated carbocycles. The molecule has 4 heterocycles. The van der Waals surface area contributed by atoms with Gasteiger partial charge in [0.25, 0.3) is 5.91 Å². The topological polar surface area (TPSA) is 82.1 Å². The summed E-state index contributed by atoms with van der Waals surface area (Å²) in [6.07, 6.45) is 6.00. The fourth-order valence-electron chi connectivity index (χ4n) is 6.94. The smallest absolute Gasteiger partial charge is 0.254 e. The predicted molar refractivity (Wildman–Crippen MR) is 181 cm³/mol. The molecule has 0 spiro atoms. The minimum Gasteiger partial charge on any atom is -0.494 e. The van der Waals surface area contributed by atoms with Crippen LogP contribution in [0, 0.1) is 18.8 Å². The maximum atomic E-state index is 13.7. The number of methoxy groups -OCH3 is 1. The highest BCUT2D eigenvalue weighted by Crippen LogP contribution is 2.54. The number of rotatable bonds is 8. The van der Waals surface area contributed by atoms with Gasteiger partial charge in [-0.15, -0.1) is 23.2 Å². The lowest BCUT2D eigenvalue weighted by molar-refractivity contribution is 0.0671. The normalized spacial score (nSPS) is 19.4. The van der Waals surface area contributed by atoms with Crippen LogP contribution in [0.25, 0.3) is 33.5 Å². The van der Waals surface area contributed by atoms with Gasteiger partial charge >= 0.3 is 0 Å². The molecule has 1 N–H and O–H groups in total.